The van der Waals surface area contributed by atoms with Crippen LogP contribution in [0, 0.1) is 0 Å². The fourth-order valence-electron chi connectivity index (χ4n) is 3.32. The van der Waals surface area contributed by atoms with E-state index in [-0.39, 0.29) is 11.9 Å². The van der Waals surface area contributed by atoms with Gasteiger partial charge in [0.05, 0.1) is 0 Å². The van der Waals surface area contributed by atoms with Crippen LogP contribution in [0.25, 0.3) is 10.9 Å². The molecule has 3 aromatic rings. The quantitative estimate of drug-likeness (QED) is 0.689. The van der Waals surface area contributed by atoms with Gasteiger partial charge in [-0.2, -0.15) is 0 Å². The highest BCUT2D eigenvalue weighted by Gasteiger charge is 2.10. The van der Waals surface area contributed by atoms with Gasteiger partial charge in [-0.3, -0.25) is 4.79 Å². The van der Waals surface area contributed by atoms with Crippen LogP contribution in [0.1, 0.15) is 30.9 Å². The van der Waals surface area contributed by atoms with Crippen LogP contribution in [0.2, 0.25) is 0 Å². The standard InChI is InChI=1S/C22H26N2O/c1-17(12-13-18-8-4-3-5-9-18)23-22(25)15-14-19-16-24(2)21-11-7-6-10-20(19)21/h3-11,16-17H,12-15H2,1-2H3,(H,23,25)/t17-/m1/s1. The summed E-state index contributed by atoms with van der Waals surface area (Å²) in [7, 11) is 2.05. The third-order valence-corrected chi connectivity index (χ3v) is 4.72. The summed E-state index contributed by atoms with van der Waals surface area (Å²) in [5.74, 6) is 0.133. The molecule has 3 heteroatoms. The van der Waals surface area contributed by atoms with Crippen LogP contribution in [0.15, 0.2) is 60.8 Å². The lowest BCUT2D eigenvalue weighted by Gasteiger charge is -2.14. The lowest BCUT2D eigenvalue weighted by molar-refractivity contribution is -0.121. The molecular weight excluding hydrogens is 308 g/mol. The normalized spacial score (nSPS) is 12.2. The zero-order chi connectivity index (χ0) is 17.6. The molecule has 0 saturated heterocycles. The number of hydrogen-bond donors (Lipinski definition) is 1. The lowest BCUT2D eigenvalue weighted by atomic mass is 10.1. The first-order chi connectivity index (χ1) is 12.1. The van der Waals surface area contributed by atoms with Gasteiger partial charge in [0, 0.05) is 36.6 Å². The van der Waals surface area contributed by atoms with Gasteiger partial charge >= 0.3 is 0 Å². The molecule has 0 unspecified atom stereocenters. The van der Waals surface area contributed by atoms with E-state index in [1.165, 1.54) is 22.0 Å². The highest BCUT2D eigenvalue weighted by molar-refractivity contribution is 5.85. The molecule has 1 heterocycles. The Morgan fingerprint density at radius 3 is 2.56 bits per heavy atom. The first kappa shape index (κ1) is 17.3. The van der Waals surface area contributed by atoms with Gasteiger partial charge in [-0.1, -0.05) is 48.5 Å². The van der Waals surface area contributed by atoms with Crippen LogP contribution in [-0.2, 0) is 24.7 Å². The van der Waals surface area contributed by atoms with Gasteiger partial charge < -0.3 is 9.88 Å². The van der Waals surface area contributed by atoms with Crippen molar-refractivity contribution in [1.29, 1.82) is 0 Å². The molecule has 0 fully saturated rings. The molecule has 1 amide bonds. The van der Waals surface area contributed by atoms with Gasteiger partial charge in [-0.25, -0.2) is 0 Å². The molecule has 2 aromatic carbocycles. The van der Waals surface area contributed by atoms with E-state index in [1.807, 2.05) is 12.1 Å². The maximum Gasteiger partial charge on any atom is 0.220 e. The second-order valence-corrected chi connectivity index (χ2v) is 6.78. The number of fused-ring (bicyclic) bond motifs is 1. The molecule has 3 nitrogen and oxygen atoms in total. The molecule has 0 aliphatic rings. The Bertz CT molecular complexity index is 836. The van der Waals surface area contributed by atoms with E-state index < -0.39 is 0 Å². The number of rotatable bonds is 7. The van der Waals surface area contributed by atoms with Gasteiger partial charge in [-0.15, -0.1) is 0 Å². The van der Waals surface area contributed by atoms with Crippen molar-refractivity contribution in [1.82, 2.24) is 9.88 Å². The van der Waals surface area contributed by atoms with Crippen molar-refractivity contribution in [3.8, 4) is 0 Å². The Hall–Kier alpha value is -2.55. The molecule has 1 aromatic heterocycles. The Kier molecular flexibility index (Phi) is 5.54. The number of nitrogens with zero attached hydrogens (tertiary/aromatic N) is 1. The first-order valence-corrected chi connectivity index (χ1v) is 8.99. The minimum Gasteiger partial charge on any atom is -0.354 e. The molecule has 1 atom stereocenters. The summed E-state index contributed by atoms with van der Waals surface area (Å²) < 4.78 is 2.13. The van der Waals surface area contributed by atoms with Gasteiger partial charge in [-0.05, 0) is 43.4 Å². The van der Waals surface area contributed by atoms with Crippen LogP contribution in [0.4, 0.5) is 0 Å². The summed E-state index contributed by atoms with van der Waals surface area (Å²) in [6, 6.07) is 19.0. The summed E-state index contributed by atoms with van der Waals surface area (Å²) in [5.41, 5.74) is 3.78. The highest BCUT2D eigenvalue weighted by Crippen LogP contribution is 2.21. The maximum atomic E-state index is 12.3. The van der Waals surface area contributed by atoms with Crippen LogP contribution in [-0.4, -0.2) is 16.5 Å². The van der Waals surface area contributed by atoms with Crippen molar-refractivity contribution < 1.29 is 4.79 Å². The zero-order valence-corrected chi connectivity index (χ0v) is 15.0. The number of nitrogens with one attached hydrogen (secondary N) is 1. The zero-order valence-electron chi connectivity index (χ0n) is 15.0. The van der Waals surface area contributed by atoms with E-state index in [0.29, 0.717) is 6.42 Å². The maximum absolute atomic E-state index is 12.3. The summed E-state index contributed by atoms with van der Waals surface area (Å²) in [4.78, 5) is 12.3. The Balaban J connectivity index is 1.49. The Morgan fingerprint density at radius 2 is 1.76 bits per heavy atom. The largest absolute Gasteiger partial charge is 0.354 e. The van der Waals surface area contributed by atoms with Crippen molar-refractivity contribution >= 4 is 16.8 Å². The molecule has 25 heavy (non-hydrogen) atoms. The van der Waals surface area contributed by atoms with Gasteiger partial charge in [0.25, 0.3) is 0 Å². The smallest absolute Gasteiger partial charge is 0.220 e. The van der Waals surface area contributed by atoms with Crippen molar-refractivity contribution in [2.45, 2.75) is 38.6 Å². The predicted molar refractivity (Wildman–Crippen MR) is 104 cm³/mol. The third kappa shape index (κ3) is 4.50. The predicted octanol–water partition coefficient (Wildman–Crippen LogP) is 4.25. The number of carbonyl (C=O) groups excluding carboxylic acids is 1. The van der Waals surface area contributed by atoms with Gasteiger partial charge in [0.15, 0.2) is 0 Å². The molecular formula is C22H26N2O. The fourth-order valence-corrected chi connectivity index (χ4v) is 3.32. The minimum absolute atomic E-state index is 0.133. The average molecular weight is 334 g/mol. The lowest BCUT2D eigenvalue weighted by Crippen LogP contribution is -2.33. The number of aryl methyl sites for hydroxylation is 3. The minimum atomic E-state index is 0.133. The molecule has 0 radical (unpaired) electrons. The second kappa shape index (κ2) is 8.02. The van der Waals surface area contributed by atoms with Gasteiger partial charge in [0.2, 0.25) is 5.91 Å². The van der Waals surface area contributed by atoms with E-state index in [1.54, 1.807) is 0 Å². The van der Waals surface area contributed by atoms with Crippen LogP contribution in [0.5, 0.6) is 0 Å². The van der Waals surface area contributed by atoms with Gasteiger partial charge in [0.1, 0.15) is 0 Å². The van der Waals surface area contributed by atoms with Crippen molar-refractivity contribution in [3.05, 3.63) is 71.9 Å². The van der Waals surface area contributed by atoms with Crippen LogP contribution < -0.4 is 5.32 Å². The van der Waals surface area contributed by atoms with Crippen molar-refractivity contribution in [3.63, 3.8) is 0 Å². The van der Waals surface area contributed by atoms with E-state index in [9.17, 15) is 4.79 Å². The molecule has 0 aliphatic heterocycles. The highest BCUT2D eigenvalue weighted by atomic mass is 16.1. The second-order valence-electron chi connectivity index (χ2n) is 6.78. The number of aromatic nitrogens is 1. The number of benzene rings is 2. The Labute approximate surface area is 149 Å². The van der Waals surface area contributed by atoms with E-state index in [2.05, 4.69) is 72.5 Å². The number of amides is 1. The number of carbonyl (C=O) groups is 1. The molecule has 1 N–H and O–H groups in total. The summed E-state index contributed by atoms with van der Waals surface area (Å²) >= 11 is 0. The van der Waals surface area contributed by atoms with Crippen molar-refractivity contribution in [2.24, 2.45) is 7.05 Å². The molecule has 3 rings (SSSR count). The monoisotopic (exact) mass is 334 g/mol. The van der Waals surface area contributed by atoms with Crippen molar-refractivity contribution in [2.75, 3.05) is 0 Å². The molecule has 0 spiro atoms. The third-order valence-electron chi connectivity index (χ3n) is 4.72. The molecule has 0 aliphatic carbocycles. The fraction of sp³-hybridized carbons (Fsp3) is 0.318. The SMILES string of the molecule is C[C@H](CCc1ccccc1)NC(=O)CCc1cn(C)c2ccccc12. The Morgan fingerprint density at radius 1 is 1.04 bits per heavy atom. The molecule has 130 valence electrons. The van der Waals surface area contributed by atoms with Crippen LogP contribution >= 0.6 is 0 Å². The van der Waals surface area contributed by atoms with E-state index in [4.69, 9.17) is 0 Å². The van der Waals surface area contributed by atoms with E-state index >= 15 is 0 Å². The summed E-state index contributed by atoms with van der Waals surface area (Å²) in [5, 5.41) is 4.37. The molecule has 0 bridgehead atoms. The first-order valence-electron chi connectivity index (χ1n) is 8.99. The topological polar surface area (TPSA) is 34.0 Å². The summed E-state index contributed by atoms with van der Waals surface area (Å²) in [6.07, 6.45) is 5.40. The number of hydrogen-bond acceptors (Lipinski definition) is 1. The molecule has 0 saturated carbocycles. The summed E-state index contributed by atoms with van der Waals surface area (Å²) in [6.45, 7) is 2.08. The average Bonchev–Trinajstić information content (AvgIpc) is 2.95. The number of para-hydroxylation sites is 1. The van der Waals surface area contributed by atoms with E-state index in [0.717, 1.165) is 19.3 Å². The van der Waals surface area contributed by atoms with Crippen LogP contribution in [0.3, 0.4) is 0 Å².